The van der Waals surface area contributed by atoms with Gasteiger partial charge in [0.1, 0.15) is 5.75 Å². The molecule has 4 nitrogen and oxygen atoms in total. The van der Waals surface area contributed by atoms with Gasteiger partial charge in [-0.3, -0.25) is 0 Å². The van der Waals surface area contributed by atoms with E-state index in [0.29, 0.717) is 0 Å². The first kappa shape index (κ1) is 18.1. The number of fused-ring (bicyclic) bond motifs is 1. The lowest BCUT2D eigenvalue weighted by atomic mass is 10.0. The van der Waals surface area contributed by atoms with Gasteiger partial charge in [0, 0.05) is 43.7 Å². The largest absolute Gasteiger partial charge is 1.00 e. The lowest BCUT2D eigenvalue weighted by Gasteiger charge is -2.28. The van der Waals surface area contributed by atoms with Crippen LogP contribution < -0.4 is 38.9 Å². The van der Waals surface area contributed by atoms with Crippen molar-refractivity contribution in [2.45, 2.75) is 19.3 Å². The van der Waals surface area contributed by atoms with Crippen LogP contribution in [0.15, 0.2) is 24.3 Å². The first-order valence-corrected chi connectivity index (χ1v) is 7.20. The molecule has 1 heterocycles. The Morgan fingerprint density at radius 1 is 1.29 bits per heavy atom. The molecule has 2 rings (SSSR count). The fourth-order valence-corrected chi connectivity index (χ4v) is 2.43. The van der Waals surface area contributed by atoms with E-state index in [1.54, 1.807) is 7.11 Å². The summed E-state index contributed by atoms with van der Waals surface area (Å²) in [4.78, 5) is 2.23. The zero-order valence-electron chi connectivity index (χ0n) is 12.7. The van der Waals surface area contributed by atoms with Crippen LogP contribution in [0.2, 0.25) is 0 Å². The Hall–Kier alpha value is -0.950. The first-order chi connectivity index (χ1) is 9.76. The van der Waals surface area contributed by atoms with E-state index in [2.05, 4.69) is 35.5 Å². The van der Waals surface area contributed by atoms with Crippen molar-refractivity contribution in [1.29, 1.82) is 0 Å². The third kappa shape index (κ3) is 4.78. The second-order valence-electron chi connectivity index (χ2n) is 5.09. The zero-order valence-corrected chi connectivity index (χ0v) is 14.9. The van der Waals surface area contributed by atoms with Crippen molar-refractivity contribution < 1.29 is 33.8 Å². The predicted molar refractivity (Wildman–Crippen MR) is 83.2 cm³/mol. The second-order valence-corrected chi connectivity index (χ2v) is 5.09. The third-order valence-electron chi connectivity index (χ3n) is 3.62. The number of rotatable bonds is 7. The number of aliphatic hydroxyl groups excluding tert-OH is 1. The van der Waals surface area contributed by atoms with E-state index >= 15 is 0 Å². The molecule has 0 saturated carbocycles. The minimum Gasteiger partial charge on any atom is -1.00 e. The molecule has 0 fully saturated rings. The minimum absolute atomic E-state index is 0. The molecule has 1 aromatic rings. The van der Waals surface area contributed by atoms with Crippen LogP contribution in [0.25, 0.3) is 5.70 Å². The Balaban J connectivity index is 0.00000220. The monoisotopic (exact) mass is 403 g/mol. The van der Waals surface area contributed by atoms with E-state index in [-0.39, 0.29) is 30.6 Å². The number of aliphatic hydroxyl groups is 1. The van der Waals surface area contributed by atoms with Gasteiger partial charge in [-0.05, 0) is 43.5 Å². The van der Waals surface area contributed by atoms with Crippen molar-refractivity contribution in [2.24, 2.45) is 0 Å². The van der Waals surface area contributed by atoms with Crippen molar-refractivity contribution in [3.63, 3.8) is 0 Å². The highest BCUT2D eigenvalue weighted by molar-refractivity contribution is 5.80. The highest BCUT2D eigenvalue weighted by Crippen LogP contribution is 2.32. The second kappa shape index (κ2) is 9.15. The summed E-state index contributed by atoms with van der Waals surface area (Å²) >= 11 is 0. The minimum atomic E-state index is 0. The molecule has 0 unspecified atom stereocenters. The van der Waals surface area contributed by atoms with Crippen molar-refractivity contribution in [1.82, 2.24) is 5.32 Å². The maximum absolute atomic E-state index is 8.78. The summed E-state index contributed by atoms with van der Waals surface area (Å²) in [6.07, 6.45) is 5.23. The van der Waals surface area contributed by atoms with Crippen molar-refractivity contribution in [3.05, 3.63) is 29.8 Å². The van der Waals surface area contributed by atoms with E-state index in [4.69, 9.17) is 9.84 Å². The fourth-order valence-electron chi connectivity index (χ4n) is 2.43. The number of likely N-dealkylation sites (N-methyl/N-ethyl adjacent to an activating group) is 1. The Labute approximate surface area is 144 Å². The molecular formula is C16H24IN2O2-. The normalized spacial score (nSPS) is 13.1. The molecular weight excluding hydrogens is 379 g/mol. The first-order valence-electron chi connectivity index (χ1n) is 7.20. The molecule has 0 spiro atoms. The molecule has 1 aliphatic rings. The van der Waals surface area contributed by atoms with Crippen molar-refractivity contribution >= 4 is 11.4 Å². The maximum atomic E-state index is 8.78. The molecule has 2 N–H and O–H groups in total. The molecule has 118 valence electrons. The summed E-state index contributed by atoms with van der Waals surface area (Å²) in [7, 11) is 3.79. The van der Waals surface area contributed by atoms with Gasteiger partial charge < -0.3 is 44.0 Å². The van der Waals surface area contributed by atoms with E-state index in [0.717, 1.165) is 38.1 Å². The van der Waals surface area contributed by atoms with Crippen LogP contribution in [0.3, 0.4) is 0 Å². The van der Waals surface area contributed by atoms with Gasteiger partial charge >= 0.3 is 0 Å². The van der Waals surface area contributed by atoms with Gasteiger partial charge in [0.2, 0.25) is 0 Å². The van der Waals surface area contributed by atoms with Gasteiger partial charge in [0.25, 0.3) is 0 Å². The number of unbranched alkanes of at least 4 members (excludes halogenated alkanes) is 2. The van der Waals surface area contributed by atoms with Gasteiger partial charge in [-0.2, -0.15) is 0 Å². The molecule has 1 aliphatic heterocycles. The summed E-state index contributed by atoms with van der Waals surface area (Å²) in [5, 5.41) is 12.3. The molecule has 0 amide bonds. The molecule has 0 saturated heterocycles. The molecule has 0 aromatic heterocycles. The number of ether oxygens (including phenoxy) is 1. The van der Waals surface area contributed by atoms with E-state index in [9.17, 15) is 0 Å². The van der Waals surface area contributed by atoms with Gasteiger partial charge in [0.05, 0.1) is 7.11 Å². The molecule has 0 bridgehead atoms. The molecule has 0 radical (unpaired) electrons. The average Bonchev–Trinajstić information content (AvgIpc) is 2.48. The van der Waals surface area contributed by atoms with Crippen molar-refractivity contribution in [2.75, 3.05) is 38.8 Å². The zero-order chi connectivity index (χ0) is 14.4. The van der Waals surface area contributed by atoms with Crippen LogP contribution in [-0.4, -0.2) is 39.0 Å². The van der Waals surface area contributed by atoms with E-state index in [1.165, 1.54) is 16.9 Å². The maximum Gasteiger partial charge on any atom is 0.119 e. The van der Waals surface area contributed by atoms with E-state index in [1.807, 2.05) is 6.07 Å². The third-order valence-corrected chi connectivity index (χ3v) is 3.62. The van der Waals surface area contributed by atoms with Gasteiger partial charge in [-0.15, -0.1) is 0 Å². The summed E-state index contributed by atoms with van der Waals surface area (Å²) in [6.45, 7) is 2.14. The number of benzene rings is 1. The standard InChI is InChI=1S/C16H24N2O2.HI/c1-18-10-8-15(17-9-4-3-5-11-19)14-12-13(20-2)6-7-16(14)18;/h6-8,12,17,19H,3-5,9-11H2,1-2H3;1H/p-1. The number of nitrogens with one attached hydrogen (secondary N) is 1. The van der Waals surface area contributed by atoms with Crippen LogP contribution >= 0.6 is 0 Å². The highest BCUT2D eigenvalue weighted by atomic mass is 127. The quantitative estimate of drug-likeness (QED) is 0.465. The van der Waals surface area contributed by atoms with Crippen LogP contribution in [0.5, 0.6) is 5.75 Å². The Kier molecular flexibility index (Phi) is 7.88. The number of nitrogens with zero attached hydrogens (tertiary/aromatic N) is 1. The Morgan fingerprint density at radius 3 is 2.81 bits per heavy atom. The number of halogens is 1. The van der Waals surface area contributed by atoms with E-state index < -0.39 is 0 Å². The average molecular weight is 403 g/mol. The Morgan fingerprint density at radius 2 is 2.10 bits per heavy atom. The summed E-state index contributed by atoms with van der Waals surface area (Å²) < 4.78 is 5.32. The predicted octanol–water partition coefficient (Wildman–Crippen LogP) is -0.758. The smallest absolute Gasteiger partial charge is 0.119 e. The summed E-state index contributed by atoms with van der Waals surface area (Å²) in [6, 6.07) is 6.19. The summed E-state index contributed by atoms with van der Waals surface area (Å²) in [5.74, 6) is 0.882. The Bertz CT molecular complexity index is 477. The lowest BCUT2D eigenvalue weighted by molar-refractivity contribution is -0.00000561. The number of methoxy groups -OCH3 is 1. The van der Waals surface area contributed by atoms with Crippen LogP contribution in [0.4, 0.5) is 5.69 Å². The molecule has 1 aromatic carbocycles. The molecule has 21 heavy (non-hydrogen) atoms. The molecule has 5 heteroatoms. The summed E-state index contributed by atoms with van der Waals surface area (Å²) in [5.41, 5.74) is 3.60. The van der Waals surface area contributed by atoms with Crippen molar-refractivity contribution in [3.8, 4) is 5.75 Å². The number of hydrogen-bond donors (Lipinski definition) is 2. The lowest BCUT2D eigenvalue weighted by Crippen LogP contribution is -3.00. The van der Waals surface area contributed by atoms with Crippen LogP contribution in [0, 0.1) is 0 Å². The highest BCUT2D eigenvalue weighted by Gasteiger charge is 2.16. The van der Waals surface area contributed by atoms with Gasteiger partial charge in [0.15, 0.2) is 0 Å². The molecule has 0 aliphatic carbocycles. The number of anilines is 1. The van der Waals surface area contributed by atoms with Crippen LogP contribution in [0.1, 0.15) is 24.8 Å². The SMILES string of the molecule is COc1ccc2c(c1)C(NCCCCCO)=CCN2C.[I-]. The van der Waals surface area contributed by atoms with Gasteiger partial charge in [-0.25, -0.2) is 0 Å². The van der Waals surface area contributed by atoms with Gasteiger partial charge in [-0.1, -0.05) is 0 Å². The van der Waals surface area contributed by atoms with Crippen LogP contribution in [-0.2, 0) is 0 Å². The topological polar surface area (TPSA) is 44.7 Å². The molecule has 0 atom stereocenters. The fraction of sp³-hybridized carbons (Fsp3) is 0.500. The number of hydrogen-bond acceptors (Lipinski definition) is 4.